The summed E-state index contributed by atoms with van der Waals surface area (Å²) in [6.45, 7) is 2.07. The van der Waals surface area contributed by atoms with E-state index in [4.69, 9.17) is 4.74 Å². The van der Waals surface area contributed by atoms with E-state index in [1.165, 1.54) is 13.4 Å². The first-order valence-electron chi connectivity index (χ1n) is 5.95. The van der Waals surface area contributed by atoms with E-state index in [2.05, 4.69) is 22.1 Å². The number of nitrogens with zero attached hydrogens (tertiary/aromatic N) is 2. The van der Waals surface area contributed by atoms with Crippen LogP contribution in [0.1, 0.15) is 34.5 Å². The highest BCUT2D eigenvalue weighted by molar-refractivity contribution is 7.99. The third-order valence-electron chi connectivity index (χ3n) is 2.73. The standard InChI is InChI=1S/C13H15N3O2S/c1-3-11(19-13-14-8-15-16-13)9-6-4-5-7-10(9)12(17)18-2/h4-8,11H,3H2,1-2H3,(H,14,15,16). The first-order valence-corrected chi connectivity index (χ1v) is 6.83. The van der Waals surface area contributed by atoms with Gasteiger partial charge in [0, 0.05) is 5.25 Å². The van der Waals surface area contributed by atoms with Crippen molar-refractivity contribution in [2.24, 2.45) is 0 Å². The molecule has 0 amide bonds. The fourth-order valence-corrected chi connectivity index (χ4v) is 2.81. The number of hydrogen-bond donors (Lipinski definition) is 1. The maximum atomic E-state index is 11.8. The SMILES string of the molecule is CCC(Sc1ncn[nH]1)c1ccccc1C(=O)OC. The number of nitrogens with one attached hydrogen (secondary N) is 1. The molecule has 100 valence electrons. The molecule has 1 aromatic carbocycles. The molecule has 19 heavy (non-hydrogen) atoms. The molecule has 6 heteroatoms. The molecule has 0 fully saturated rings. The molecular weight excluding hydrogens is 262 g/mol. The number of hydrogen-bond acceptors (Lipinski definition) is 5. The zero-order chi connectivity index (χ0) is 13.7. The van der Waals surface area contributed by atoms with Crippen LogP contribution < -0.4 is 0 Å². The van der Waals surface area contributed by atoms with Crippen molar-refractivity contribution in [2.75, 3.05) is 7.11 Å². The van der Waals surface area contributed by atoms with Crippen molar-refractivity contribution in [1.82, 2.24) is 15.2 Å². The van der Waals surface area contributed by atoms with E-state index in [9.17, 15) is 4.79 Å². The number of esters is 1. The highest BCUT2D eigenvalue weighted by Gasteiger charge is 2.20. The number of ether oxygens (including phenoxy) is 1. The van der Waals surface area contributed by atoms with Crippen molar-refractivity contribution >= 4 is 17.7 Å². The molecule has 1 unspecified atom stereocenters. The minimum absolute atomic E-state index is 0.128. The van der Waals surface area contributed by atoms with Crippen molar-refractivity contribution in [3.8, 4) is 0 Å². The van der Waals surface area contributed by atoms with Crippen LogP contribution in [0.5, 0.6) is 0 Å². The first-order chi connectivity index (χ1) is 9.26. The molecule has 0 spiro atoms. The van der Waals surface area contributed by atoms with Crippen LogP contribution in [0.3, 0.4) is 0 Å². The summed E-state index contributed by atoms with van der Waals surface area (Å²) in [5, 5.41) is 7.52. The van der Waals surface area contributed by atoms with Crippen LogP contribution >= 0.6 is 11.8 Å². The van der Waals surface area contributed by atoms with Gasteiger partial charge in [-0.25, -0.2) is 9.78 Å². The average Bonchev–Trinajstić information content (AvgIpc) is 2.97. The molecule has 0 aliphatic rings. The molecule has 0 saturated heterocycles. The summed E-state index contributed by atoms with van der Waals surface area (Å²) < 4.78 is 4.82. The number of aromatic amines is 1. The zero-order valence-electron chi connectivity index (χ0n) is 10.8. The third-order valence-corrected chi connectivity index (χ3v) is 4.02. The van der Waals surface area contributed by atoms with Gasteiger partial charge >= 0.3 is 5.97 Å². The van der Waals surface area contributed by atoms with Gasteiger partial charge in [-0.2, -0.15) is 5.10 Å². The van der Waals surface area contributed by atoms with Crippen molar-refractivity contribution < 1.29 is 9.53 Å². The molecule has 5 nitrogen and oxygen atoms in total. The summed E-state index contributed by atoms with van der Waals surface area (Å²) in [6.07, 6.45) is 2.35. The van der Waals surface area contributed by atoms with Crippen LogP contribution in [0.15, 0.2) is 35.7 Å². The second kappa shape index (κ2) is 6.38. The summed E-state index contributed by atoms with van der Waals surface area (Å²) in [4.78, 5) is 15.9. The molecule has 0 saturated carbocycles. The number of benzene rings is 1. The van der Waals surface area contributed by atoms with Gasteiger partial charge in [-0.15, -0.1) is 0 Å². The molecule has 1 atom stereocenters. The molecule has 0 aliphatic heterocycles. The molecule has 0 bridgehead atoms. The van der Waals surface area contributed by atoms with Gasteiger partial charge in [0.2, 0.25) is 0 Å². The molecule has 0 radical (unpaired) electrons. The average molecular weight is 277 g/mol. The van der Waals surface area contributed by atoms with Crippen molar-refractivity contribution in [2.45, 2.75) is 23.8 Å². The molecule has 1 N–H and O–H groups in total. The van der Waals surface area contributed by atoms with Gasteiger partial charge in [0.15, 0.2) is 5.16 Å². The summed E-state index contributed by atoms with van der Waals surface area (Å²) in [7, 11) is 1.39. The van der Waals surface area contributed by atoms with Gasteiger partial charge in [-0.3, -0.25) is 5.10 Å². The van der Waals surface area contributed by atoms with E-state index < -0.39 is 0 Å². The minimum atomic E-state index is -0.313. The number of thioether (sulfide) groups is 1. The smallest absolute Gasteiger partial charge is 0.338 e. The lowest BCUT2D eigenvalue weighted by atomic mass is 10.0. The fraction of sp³-hybridized carbons (Fsp3) is 0.308. The van der Waals surface area contributed by atoms with Crippen molar-refractivity contribution in [3.63, 3.8) is 0 Å². The van der Waals surface area contributed by atoms with Crippen LogP contribution in [-0.2, 0) is 4.74 Å². The lowest BCUT2D eigenvalue weighted by molar-refractivity contribution is 0.0599. The van der Waals surface area contributed by atoms with Gasteiger partial charge in [-0.1, -0.05) is 36.9 Å². The lowest BCUT2D eigenvalue weighted by Gasteiger charge is -2.16. The van der Waals surface area contributed by atoms with Crippen molar-refractivity contribution in [1.29, 1.82) is 0 Å². The number of aromatic nitrogens is 3. The Hall–Kier alpha value is -1.82. The fourth-order valence-electron chi connectivity index (χ4n) is 1.83. The molecule has 0 aliphatic carbocycles. The minimum Gasteiger partial charge on any atom is -0.465 e. The van der Waals surface area contributed by atoms with Crippen LogP contribution in [0.2, 0.25) is 0 Å². The number of carbonyl (C=O) groups excluding carboxylic acids is 1. The Labute approximate surface area is 115 Å². The number of methoxy groups -OCH3 is 1. The molecule has 2 rings (SSSR count). The summed E-state index contributed by atoms with van der Waals surface area (Å²) in [5.74, 6) is -0.313. The van der Waals surface area contributed by atoms with Crippen LogP contribution in [-0.4, -0.2) is 28.3 Å². The Kier molecular flexibility index (Phi) is 4.57. The predicted molar refractivity (Wildman–Crippen MR) is 73.1 cm³/mol. The maximum Gasteiger partial charge on any atom is 0.338 e. The van der Waals surface area contributed by atoms with E-state index in [-0.39, 0.29) is 11.2 Å². The largest absolute Gasteiger partial charge is 0.465 e. The topological polar surface area (TPSA) is 67.9 Å². The number of carbonyl (C=O) groups is 1. The Morgan fingerprint density at radius 3 is 2.89 bits per heavy atom. The van der Waals surface area contributed by atoms with E-state index in [0.717, 1.165) is 17.1 Å². The normalized spacial score (nSPS) is 12.1. The molecular formula is C13H15N3O2S. The van der Waals surface area contributed by atoms with Gasteiger partial charge in [0.25, 0.3) is 0 Å². The van der Waals surface area contributed by atoms with E-state index in [1.807, 2.05) is 18.2 Å². The maximum absolute atomic E-state index is 11.8. The predicted octanol–water partition coefficient (Wildman–Crippen LogP) is 2.83. The Bertz CT molecular complexity index is 543. The van der Waals surface area contributed by atoms with Crippen LogP contribution in [0, 0.1) is 0 Å². The van der Waals surface area contributed by atoms with Crippen LogP contribution in [0.25, 0.3) is 0 Å². The second-order valence-corrected chi connectivity index (χ2v) is 5.08. The zero-order valence-corrected chi connectivity index (χ0v) is 11.6. The quantitative estimate of drug-likeness (QED) is 0.672. The van der Waals surface area contributed by atoms with E-state index >= 15 is 0 Å². The van der Waals surface area contributed by atoms with E-state index in [1.54, 1.807) is 17.8 Å². The Balaban J connectivity index is 2.30. The van der Waals surface area contributed by atoms with Gasteiger partial charge in [0.1, 0.15) is 6.33 Å². The Morgan fingerprint density at radius 1 is 1.47 bits per heavy atom. The molecule has 1 aromatic heterocycles. The number of rotatable bonds is 5. The first kappa shape index (κ1) is 13.6. The summed E-state index contributed by atoms with van der Waals surface area (Å²) >= 11 is 1.55. The van der Waals surface area contributed by atoms with Crippen molar-refractivity contribution in [3.05, 3.63) is 41.7 Å². The monoisotopic (exact) mass is 277 g/mol. The van der Waals surface area contributed by atoms with Gasteiger partial charge in [-0.05, 0) is 18.1 Å². The lowest BCUT2D eigenvalue weighted by Crippen LogP contribution is -2.07. The van der Waals surface area contributed by atoms with Crippen LogP contribution in [0.4, 0.5) is 0 Å². The molecule has 2 aromatic rings. The summed E-state index contributed by atoms with van der Waals surface area (Å²) in [5.41, 5.74) is 1.56. The molecule has 1 heterocycles. The van der Waals surface area contributed by atoms with Gasteiger partial charge in [0.05, 0.1) is 12.7 Å². The second-order valence-electron chi connectivity index (χ2n) is 3.88. The highest BCUT2D eigenvalue weighted by Crippen LogP contribution is 2.37. The number of H-pyrrole nitrogens is 1. The highest BCUT2D eigenvalue weighted by atomic mass is 32.2. The Morgan fingerprint density at radius 2 is 2.26 bits per heavy atom. The van der Waals surface area contributed by atoms with E-state index in [0.29, 0.717) is 5.56 Å². The third kappa shape index (κ3) is 3.14. The van der Waals surface area contributed by atoms with Gasteiger partial charge < -0.3 is 4.74 Å². The summed E-state index contributed by atoms with van der Waals surface area (Å²) in [6, 6.07) is 7.49.